The molecule has 2 nitrogen and oxygen atoms in total. The van der Waals surface area contributed by atoms with Gasteiger partial charge < -0.3 is 5.32 Å². The normalized spacial score (nSPS) is 48.0. The van der Waals surface area contributed by atoms with E-state index in [0.717, 1.165) is 12.7 Å². The molecule has 2 heteroatoms. The third-order valence-corrected chi connectivity index (χ3v) is 1.88. The van der Waals surface area contributed by atoms with Crippen molar-refractivity contribution in [3.05, 3.63) is 0 Å². The smallest absolute Gasteiger partial charge is 0.0483 e. The summed E-state index contributed by atoms with van der Waals surface area (Å²) in [4.78, 5) is 2.45. The van der Waals surface area contributed by atoms with E-state index in [1.165, 1.54) is 19.5 Å². The van der Waals surface area contributed by atoms with Gasteiger partial charge in [-0.3, -0.25) is 4.90 Å². The summed E-state index contributed by atoms with van der Waals surface area (Å²) in [5, 5.41) is 3.38. The largest absolute Gasteiger partial charge is 0.300 e. The van der Waals surface area contributed by atoms with Crippen LogP contribution in [-0.4, -0.2) is 30.7 Å². The third kappa shape index (κ3) is 0.469. The molecule has 2 saturated heterocycles. The minimum atomic E-state index is 0.847. The molecule has 2 aliphatic heterocycles. The first-order valence-corrected chi connectivity index (χ1v) is 2.91. The second-order valence-electron chi connectivity index (χ2n) is 2.42. The van der Waals surface area contributed by atoms with E-state index in [1.807, 2.05) is 0 Å². The topological polar surface area (TPSA) is 15.3 Å². The Labute approximate surface area is 43.5 Å². The average molecular weight is 98.1 g/mol. The standard InChI is InChI=1S/C5H10N2/c1-2-7-3-5(1)6-4-7/h5-6H,1-4H2. The summed E-state index contributed by atoms with van der Waals surface area (Å²) in [7, 11) is 0. The van der Waals surface area contributed by atoms with Gasteiger partial charge in [0.05, 0.1) is 0 Å². The van der Waals surface area contributed by atoms with Gasteiger partial charge in [0.1, 0.15) is 0 Å². The van der Waals surface area contributed by atoms with Gasteiger partial charge in [0.2, 0.25) is 0 Å². The molecule has 0 aromatic heterocycles. The number of fused-ring (bicyclic) bond motifs is 2. The number of nitrogens with one attached hydrogen (secondary N) is 1. The van der Waals surface area contributed by atoms with E-state index < -0.39 is 0 Å². The summed E-state index contributed by atoms with van der Waals surface area (Å²) in [6, 6.07) is 0.847. The molecule has 2 atom stereocenters. The first-order valence-electron chi connectivity index (χ1n) is 2.91. The number of rotatable bonds is 0. The molecule has 2 fully saturated rings. The molecule has 40 valence electrons. The van der Waals surface area contributed by atoms with Crippen LogP contribution in [0.5, 0.6) is 0 Å². The molecule has 2 rings (SSSR count). The minimum absolute atomic E-state index is 0.847. The molecule has 0 spiro atoms. The van der Waals surface area contributed by atoms with Crippen molar-refractivity contribution in [1.82, 2.24) is 10.2 Å². The highest BCUT2D eigenvalue weighted by Gasteiger charge is 2.27. The minimum Gasteiger partial charge on any atom is -0.300 e. The maximum atomic E-state index is 3.38. The zero-order chi connectivity index (χ0) is 4.69. The predicted molar refractivity (Wildman–Crippen MR) is 28.0 cm³/mol. The van der Waals surface area contributed by atoms with Crippen LogP contribution < -0.4 is 5.32 Å². The summed E-state index contributed by atoms with van der Waals surface area (Å²) >= 11 is 0. The quantitative estimate of drug-likeness (QED) is 0.444. The lowest BCUT2D eigenvalue weighted by molar-refractivity contribution is 0.349. The van der Waals surface area contributed by atoms with Crippen molar-refractivity contribution in [2.75, 3.05) is 19.8 Å². The Hall–Kier alpha value is -0.0800. The lowest BCUT2D eigenvalue weighted by Crippen LogP contribution is -2.29. The monoisotopic (exact) mass is 98.1 g/mol. The van der Waals surface area contributed by atoms with E-state index in [-0.39, 0.29) is 0 Å². The summed E-state index contributed by atoms with van der Waals surface area (Å²) in [5.41, 5.74) is 0. The van der Waals surface area contributed by atoms with Crippen LogP contribution in [0.25, 0.3) is 0 Å². The second-order valence-corrected chi connectivity index (χ2v) is 2.42. The van der Waals surface area contributed by atoms with Crippen LogP contribution in [0, 0.1) is 0 Å². The molecule has 0 aliphatic carbocycles. The Morgan fingerprint density at radius 2 is 2.57 bits per heavy atom. The molecule has 0 aromatic carbocycles. The first kappa shape index (κ1) is 3.87. The summed E-state index contributed by atoms with van der Waals surface area (Å²) in [6.45, 7) is 3.78. The van der Waals surface area contributed by atoms with Gasteiger partial charge in [0, 0.05) is 25.8 Å². The molecular formula is C5H10N2. The van der Waals surface area contributed by atoms with E-state index in [9.17, 15) is 0 Å². The van der Waals surface area contributed by atoms with E-state index in [2.05, 4.69) is 10.2 Å². The Bertz CT molecular complexity index is 64.1. The van der Waals surface area contributed by atoms with Crippen molar-refractivity contribution in [2.24, 2.45) is 0 Å². The molecular weight excluding hydrogens is 88.1 g/mol. The van der Waals surface area contributed by atoms with Crippen molar-refractivity contribution < 1.29 is 0 Å². The molecule has 7 heavy (non-hydrogen) atoms. The van der Waals surface area contributed by atoms with Crippen LogP contribution in [0.2, 0.25) is 0 Å². The molecule has 0 amide bonds. The van der Waals surface area contributed by atoms with Crippen LogP contribution in [0.1, 0.15) is 6.42 Å². The molecule has 1 N–H and O–H groups in total. The second kappa shape index (κ2) is 1.20. The molecule has 0 radical (unpaired) electrons. The number of hydrogen-bond donors (Lipinski definition) is 1. The van der Waals surface area contributed by atoms with Crippen molar-refractivity contribution in [2.45, 2.75) is 12.5 Å². The zero-order valence-electron chi connectivity index (χ0n) is 4.35. The maximum absolute atomic E-state index is 3.38. The number of nitrogens with zero attached hydrogens (tertiary/aromatic N) is 1. The predicted octanol–water partition coefficient (Wildman–Crippen LogP) is -0.379. The highest BCUT2D eigenvalue weighted by atomic mass is 15.3. The molecule has 2 aliphatic rings. The van der Waals surface area contributed by atoms with Crippen molar-refractivity contribution in [3.63, 3.8) is 0 Å². The Morgan fingerprint density at radius 3 is 2.71 bits per heavy atom. The molecule has 2 bridgehead atoms. The van der Waals surface area contributed by atoms with Crippen molar-refractivity contribution in [3.8, 4) is 0 Å². The Kier molecular flexibility index (Phi) is 0.664. The summed E-state index contributed by atoms with van der Waals surface area (Å²) in [6.07, 6.45) is 1.38. The maximum Gasteiger partial charge on any atom is 0.0483 e. The van der Waals surface area contributed by atoms with Gasteiger partial charge in [-0.1, -0.05) is 0 Å². The Balaban J connectivity index is 2.12. The van der Waals surface area contributed by atoms with Gasteiger partial charge in [0.25, 0.3) is 0 Å². The first-order chi connectivity index (χ1) is 3.45. The van der Waals surface area contributed by atoms with E-state index >= 15 is 0 Å². The van der Waals surface area contributed by atoms with Gasteiger partial charge in [0.15, 0.2) is 0 Å². The van der Waals surface area contributed by atoms with Crippen LogP contribution >= 0.6 is 0 Å². The van der Waals surface area contributed by atoms with Crippen LogP contribution in [0.3, 0.4) is 0 Å². The number of hydrogen-bond acceptors (Lipinski definition) is 2. The highest BCUT2D eigenvalue weighted by Crippen LogP contribution is 2.12. The third-order valence-electron chi connectivity index (χ3n) is 1.88. The SMILES string of the molecule is C1CN2CNC1C2. The lowest BCUT2D eigenvalue weighted by Gasteiger charge is -2.10. The average Bonchev–Trinajstić information content (AvgIpc) is 2.22. The molecule has 0 saturated carbocycles. The fourth-order valence-electron chi connectivity index (χ4n) is 1.40. The van der Waals surface area contributed by atoms with Gasteiger partial charge in [-0.05, 0) is 6.42 Å². The summed E-state index contributed by atoms with van der Waals surface area (Å²) in [5.74, 6) is 0. The van der Waals surface area contributed by atoms with Gasteiger partial charge in [-0.2, -0.15) is 0 Å². The van der Waals surface area contributed by atoms with Gasteiger partial charge in [-0.25, -0.2) is 0 Å². The van der Waals surface area contributed by atoms with Gasteiger partial charge in [-0.15, -0.1) is 0 Å². The van der Waals surface area contributed by atoms with Crippen molar-refractivity contribution in [1.29, 1.82) is 0 Å². The fraction of sp³-hybridized carbons (Fsp3) is 1.00. The summed E-state index contributed by atoms with van der Waals surface area (Å²) < 4.78 is 0. The van der Waals surface area contributed by atoms with E-state index in [1.54, 1.807) is 0 Å². The molecule has 2 heterocycles. The van der Waals surface area contributed by atoms with Crippen molar-refractivity contribution >= 4 is 0 Å². The highest BCUT2D eigenvalue weighted by molar-refractivity contribution is 4.86. The molecule has 2 unspecified atom stereocenters. The Morgan fingerprint density at radius 1 is 1.57 bits per heavy atom. The van der Waals surface area contributed by atoms with E-state index in [4.69, 9.17) is 0 Å². The van der Waals surface area contributed by atoms with Crippen LogP contribution in [0.15, 0.2) is 0 Å². The molecule has 0 aromatic rings. The van der Waals surface area contributed by atoms with Gasteiger partial charge >= 0.3 is 0 Å². The fourth-order valence-corrected chi connectivity index (χ4v) is 1.40. The van der Waals surface area contributed by atoms with Crippen LogP contribution in [-0.2, 0) is 0 Å². The lowest BCUT2D eigenvalue weighted by atomic mass is 10.3. The zero-order valence-corrected chi connectivity index (χ0v) is 4.35. The van der Waals surface area contributed by atoms with Crippen LogP contribution in [0.4, 0.5) is 0 Å². The van der Waals surface area contributed by atoms with E-state index in [0.29, 0.717) is 0 Å².